The molecule has 0 saturated heterocycles. The summed E-state index contributed by atoms with van der Waals surface area (Å²) >= 11 is 0. The fourth-order valence-electron chi connectivity index (χ4n) is 1.68. The molecule has 1 rings (SSSR count). The van der Waals surface area contributed by atoms with Crippen LogP contribution in [0.3, 0.4) is 0 Å². The Morgan fingerprint density at radius 3 is 1.71 bits per heavy atom. The van der Waals surface area contributed by atoms with Gasteiger partial charge >= 0.3 is 11.9 Å². The van der Waals surface area contributed by atoms with E-state index in [0.29, 0.717) is 11.1 Å². The topological polar surface area (TPSA) is 74.6 Å². The molecule has 0 aliphatic rings. The van der Waals surface area contributed by atoms with E-state index in [1.807, 2.05) is 26.0 Å². The van der Waals surface area contributed by atoms with Gasteiger partial charge in [-0.3, -0.25) is 9.59 Å². The van der Waals surface area contributed by atoms with Gasteiger partial charge in [0.1, 0.15) is 0 Å². The van der Waals surface area contributed by atoms with Gasteiger partial charge in [-0.1, -0.05) is 32.0 Å². The molecule has 4 nitrogen and oxygen atoms in total. The maximum absolute atomic E-state index is 10.7. The quantitative estimate of drug-likeness (QED) is 0.820. The second kappa shape index (κ2) is 5.48. The molecule has 17 heavy (non-hydrogen) atoms. The zero-order chi connectivity index (χ0) is 13.0. The summed E-state index contributed by atoms with van der Waals surface area (Å²) in [6, 6.07) is 5.29. The standard InChI is InChI=1S/C13H16O4/c1-8(2)11-4-9(6-12(14)15)3-10(5-11)7-13(16)17/h3-5,8H,6-7H2,1-2H3,(H,14,15)(H,16,17). The van der Waals surface area contributed by atoms with Crippen LogP contribution in [0.5, 0.6) is 0 Å². The number of carbonyl (C=O) groups is 2. The van der Waals surface area contributed by atoms with Crippen molar-refractivity contribution in [3.8, 4) is 0 Å². The van der Waals surface area contributed by atoms with Crippen molar-refractivity contribution in [1.82, 2.24) is 0 Å². The van der Waals surface area contributed by atoms with Gasteiger partial charge < -0.3 is 10.2 Å². The first-order chi connectivity index (χ1) is 7.88. The monoisotopic (exact) mass is 236 g/mol. The minimum absolute atomic E-state index is 0.0762. The van der Waals surface area contributed by atoms with E-state index in [-0.39, 0.29) is 18.8 Å². The molecule has 0 saturated carbocycles. The first-order valence-electron chi connectivity index (χ1n) is 5.45. The third-order valence-corrected chi connectivity index (χ3v) is 2.45. The van der Waals surface area contributed by atoms with Gasteiger partial charge in [0.25, 0.3) is 0 Å². The predicted octanol–water partition coefficient (Wildman–Crippen LogP) is 2.06. The van der Waals surface area contributed by atoms with Gasteiger partial charge in [0.05, 0.1) is 12.8 Å². The second-order valence-corrected chi connectivity index (χ2v) is 4.38. The number of hydrogen-bond donors (Lipinski definition) is 2. The average Bonchev–Trinajstić information content (AvgIpc) is 2.14. The third kappa shape index (κ3) is 4.26. The summed E-state index contributed by atoms with van der Waals surface area (Å²) < 4.78 is 0. The molecule has 0 unspecified atom stereocenters. The molecule has 4 heteroatoms. The molecule has 0 aliphatic carbocycles. The molecule has 2 N–H and O–H groups in total. The molecule has 0 amide bonds. The summed E-state index contributed by atoms with van der Waals surface area (Å²) in [7, 11) is 0. The van der Waals surface area contributed by atoms with Crippen molar-refractivity contribution >= 4 is 11.9 Å². The summed E-state index contributed by atoms with van der Waals surface area (Å²) in [5.41, 5.74) is 2.28. The Morgan fingerprint density at radius 1 is 1.00 bits per heavy atom. The normalized spacial score (nSPS) is 10.5. The zero-order valence-electron chi connectivity index (χ0n) is 9.93. The van der Waals surface area contributed by atoms with Gasteiger partial charge in [-0.15, -0.1) is 0 Å². The minimum Gasteiger partial charge on any atom is -0.481 e. The summed E-state index contributed by atoms with van der Waals surface area (Å²) in [5.74, 6) is -1.57. The lowest BCUT2D eigenvalue weighted by molar-refractivity contribution is -0.137. The molecule has 0 fully saturated rings. The molecular formula is C13H16O4. The highest BCUT2D eigenvalue weighted by Gasteiger charge is 2.09. The van der Waals surface area contributed by atoms with Gasteiger partial charge in [-0.05, 0) is 22.6 Å². The molecule has 1 aromatic carbocycles. The van der Waals surface area contributed by atoms with Gasteiger partial charge in [0.2, 0.25) is 0 Å². The highest BCUT2D eigenvalue weighted by atomic mass is 16.4. The molecular weight excluding hydrogens is 220 g/mol. The maximum Gasteiger partial charge on any atom is 0.307 e. The Balaban J connectivity index is 3.08. The van der Waals surface area contributed by atoms with Gasteiger partial charge in [0.15, 0.2) is 0 Å². The smallest absolute Gasteiger partial charge is 0.307 e. The Bertz CT molecular complexity index is 401. The van der Waals surface area contributed by atoms with Gasteiger partial charge in [-0.25, -0.2) is 0 Å². The van der Waals surface area contributed by atoms with Crippen molar-refractivity contribution in [2.24, 2.45) is 0 Å². The summed E-state index contributed by atoms with van der Waals surface area (Å²) in [4.78, 5) is 21.3. The average molecular weight is 236 g/mol. The molecule has 0 aromatic heterocycles. The summed E-state index contributed by atoms with van der Waals surface area (Å²) in [5, 5.41) is 17.5. The maximum atomic E-state index is 10.7. The highest BCUT2D eigenvalue weighted by Crippen LogP contribution is 2.19. The van der Waals surface area contributed by atoms with E-state index < -0.39 is 11.9 Å². The summed E-state index contributed by atoms with van der Waals surface area (Å²) in [6.45, 7) is 3.98. The number of aliphatic carboxylic acids is 2. The van der Waals surface area contributed by atoms with Crippen LogP contribution < -0.4 is 0 Å². The largest absolute Gasteiger partial charge is 0.481 e. The molecule has 0 radical (unpaired) electrons. The van der Waals surface area contributed by atoms with Crippen LogP contribution in [0.15, 0.2) is 18.2 Å². The Kier molecular flexibility index (Phi) is 4.26. The Morgan fingerprint density at radius 2 is 1.41 bits per heavy atom. The molecule has 0 heterocycles. The van der Waals surface area contributed by atoms with Crippen molar-refractivity contribution in [3.63, 3.8) is 0 Å². The Hall–Kier alpha value is -1.84. The number of carboxylic acid groups (broad SMARTS) is 2. The van der Waals surface area contributed by atoms with Crippen LogP contribution in [0.1, 0.15) is 36.5 Å². The van der Waals surface area contributed by atoms with E-state index in [0.717, 1.165) is 5.56 Å². The van der Waals surface area contributed by atoms with Crippen LogP contribution in [0, 0.1) is 0 Å². The zero-order valence-corrected chi connectivity index (χ0v) is 9.93. The van der Waals surface area contributed by atoms with Crippen LogP contribution >= 0.6 is 0 Å². The molecule has 0 spiro atoms. The molecule has 0 bridgehead atoms. The van der Waals surface area contributed by atoms with E-state index in [2.05, 4.69) is 0 Å². The highest BCUT2D eigenvalue weighted by molar-refractivity contribution is 5.72. The van der Waals surface area contributed by atoms with Crippen molar-refractivity contribution in [2.75, 3.05) is 0 Å². The molecule has 1 aromatic rings. The van der Waals surface area contributed by atoms with E-state index >= 15 is 0 Å². The van der Waals surface area contributed by atoms with Gasteiger partial charge in [-0.2, -0.15) is 0 Å². The number of benzene rings is 1. The van der Waals surface area contributed by atoms with Crippen LogP contribution in [-0.4, -0.2) is 22.2 Å². The fraction of sp³-hybridized carbons (Fsp3) is 0.385. The van der Waals surface area contributed by atoms with E-state index in [1.54, 1.807) is 6.07 Å². The van der Waals surface area contributed by atoms with Crippen LogP contribution in [0.25, 0.3) is 0 Å². The van der Waals surface area contributed by atoms with Crippen molar-refractivity contribution in [1.29, 1.82) is 0 Å². The Labute approximate surface area is 99.9 Å². The summed E-state index contributed by atoms with van der Waals surface area (Å²) in [6.07, 6.45) is -0.152. The lowest BCUT2D eigenvalue weighted by Gasteiger charge is -2.10. The lowest BCUT2D eigenvalue weighted by Crippen LogP contribution is -2.05. The molecule has 0 atom stereocenters. The lowest BCUT2D eigenvalue weighted by atomic mass is 9.95. The van der Waals surface area contributed by atoms with Gasteiger partial charge in [0, 0.05) is 0 Å². The second-order valence-electron chi connectivity index (χ2n) is 4.38. The third-order valence-electron chi connectivity index (χ3n) is 2.45. The first-order valence-corrected chi connectivity index (χ1v) is 5.45. The SMILES string of the molecule is CC(C)c1cc(CC(=O)O)cc(CC(=O)O)c1. The van der Waals surface area contributed by atoms with E-state index in [1.165, 1.54) is 0 Å². The fourth-order valence-corrected chi connectivity index (χ4v) is 1.68. The van der Waals surface area contributed by atoms with Crippen molar-refractivity contribution in [2.45, 2.75) is 32.6 Å². The van der Waals surface area contributed by atoms with Crippen LogP contribution in [0.4, 0.5) is 0 Å². The number of carboxylic acids is 2. The van der Waals surface area contributed by atoms with Crippen molar-refractivity contribution in [3.05, 3.63) is 34.9 Å². The number of rotatable bonds is 5. The molecule has 0 aliphatic heterocycles. The predicted molar refractivity (Wildman–Crippen MR) is 63.2 cm³/mol. The van der Waals surface area contributed by atoms with Crippen LogP contribution in [-0.2, 0) is 22.4 Å². The minimum atomic E-state index is -0.910. The van der Waals surface area contributed by atoms with Crippen LogP contribution in [0.2, 0.25) is 0 Å². The van der Waals surface area contributed by atoms with Crippen molar-refractivity contribution < 1.29 is 19.8 Å². The van der Waals surface area contributed by atoms with E-state index in [9.17, 15) is 9.59 Å². The first kappa shape index (κ1) is 13.2. The number of hydrogen-bond acceptors (Lipinski definition) is 2. The van der Waals surface area contributed by atoms with E-state index in [4.69, 9.17) is 10.2 Å². The molecule has 92 valence electrons.